The van der Waals surface area contributed by atoms with Crippen molar-refractivity contribution in [2.24, 2.45) is 0 Å². The maximum absolute atomic E-state index is 11.7. The monoisotopic (exact) mass is 457 g/mol. The van der Waals surface area contributed by atoms with Crippen LogP contribution in [-0.2, 0) is 14.4 Å². The fourth-order valence-corrected chi connectivity index (χ4v) is 3.60. The summed E-state index contributed by atoms with van der Waals surface area (Å²) in [4.78, 5) is 35.2. The molecule has 0 aliphatic carbocycles. The van der Waals surface area contributed by atoms with Crippen LogP contribution in [0.3, 0.4) is 0 Å². The Morgan fingerprint density at radius 1 is 0.500 bits per heavy atom. The van der Waals surface area contributed by atoms with Gasteiger partial charge in [-0.3, -0.25) is 14.4 Å². The lowest BCUT2D eigenvalue weighted by molar-refractivity contribution is -0.116. The van der Waals surface area contributed by atoms with Crippen LogP contribution in [0.5, 0.6) is 0 Å². The molecule has 0 heterocycles. The Labute approximate surface area is 200 Å². The molecule has 0 atom stereocenters. The van der Waals surface area contributed by atoms with E-state index in [0.29, 0.717) is 19.3 Å². The summed E-state index contributed by atoms with van der Waals surface area (Å²) in [5, 5.41) is 8.64. The van der Waals surface area contributed by atoms with Crippen molar-refractivity contribution in [2.75, 3.05) is 16.0 Å². The lowest BCUT2D eigenvalue weighted by atomic mass is 9.85. The molecule has 0 bridgehead atoms. The van der Waals surface area contributed by atoms with Gasteiger partial charge in [0, 0.05) is 42.2 Å². The Kier molecular flexibility index (Phi) is 8.57. The normalized spacial score (nSPS) is 10.6. The zero-order chi connectivity index (χ0) is 24.5. The SMILES string of the molecule is CCC(=O)Nc1ccc(C(c2ccc(NC(=O)CC)cc2)c2ccc(NC(=O)CC)cc2)cc1. The third-order valence-corrected chi connectivity index (χ3v) is 5.55. The molecule has 0 aromatic heterocycles. The molecule has 3 N–H and O–H groups in total. The van der Waals surface area contributed by atoms with Crippen molar-refractivity contribution in [3.8, 4) is 0 Å². The van der Waals surface area contributed by atoms with Gasteiger partial charge in [0.15, 0.2) is 0 Å². The second kappa shape index (κ2) is 11.8. The Balaban J connectivity index is 1.94. The predicted octanol–water partition coefficient (Wildman–Crippen LogP) is 5.91. The molecule has 3 amide bonds. The zero-order valence-electron chi connectivity index (χ0n) is 19.9. The Morgan fingerprint density at radius 3 is 0.941 bits per heavy atom. The first kappa shape index (κ1) is 24.7. The van der Waals surface area contributed by atoms with Gasteiger partial charge >= 0.3 is 0 Å². The van der Waals surface area contributed by atoms with E-state index in [1.165, 1.54) is 0 Å². The van der Waals surface area contributed by atoms with Crippen LogP contribution in [0.15, 0.2) is 72.8 Å². The number of rotatable bonds is 9. The Hall–Kier alpha value is -3.93. The van der Waals surface area contributed by atoms with Gasteiger partial charge in [-0.1, -0.05) is 57.2 Å². The van der Waals surface area contributed by atoms with E-state index in [4.69, 9.17) is 0 Å². The van der Waals surface area contributed by atoms with Gasteiger partial charge in [-0.2, -0.15) is 0 Å². The summed E-state index contributed by atoms with van der Waals surface area (Å²) >= 11 is 0. The van der Waals surface area contributed by atoms with Gasteiger partial charge in [-0.05, 0) is 53.1 Å². The van der Waals surface area contributed by atoms with Crippen molar-refractivity contribution in [3.05, 3.63) is 89.5 Å². The summed E-state index contributed by atoms with van der Waals surface area (Å²) in [5.41, 5.74) is 5.44. The van der Waals surface area contributed by atoms with Crippen LogP contribution in [0.1, 0.15) is 62.6 Å². The van der Waals surface area contributed by atoms with Crippen molar-refractivity contribution in [1.82, 2.24) is 0 Å². The number of amides is 3. The van der Waals surface area contributed by atoms with Crippen LogP contribution in [0.2, 0.25) is 0 Å². The molecule has 0 saturated heterocycles. The first-order valence-electron chi connectivity index (χ1n) is 11.6. The number of carbonyl (C=O) groups is 3. The molecule has 0 radical (unpaired) electrons. The minimum Gasteiger partial charge on any atom is -0.326 e. The van der Waals surface area contributed by atoms with E-state index in [-0.39, 0.29) is 23.6 Å². The molecule has 3 rings (SSSR count). The summed E-state index contributed by atoms with van der Waals surface area (Å²) in [6.45, 7) is 5.46. The summed E-state index contributed by atoms with van der Waals surface area (Å²) in [6, 6.07) is 23.5. The molecule has 0 unspecified atom stereocenters. The van der Waals surface area contributed by atoms with Crippen molar-refractivity contribution < 1.29 is 14.4 Å². The highest BCUT2D eigenvalue weighted by Gasteiger charge is 2.17. The first-order valence-corrected chi connectivity index (χ1v) is 11.6. The Morgan fingerprint density at radius 2 is 0.735 bits per heavy atom. The molecule has 0 aliphatic heterocycles. The van der Waals surface area contributed by atoms with Gasteiger partial charge < -0.3 is 16.0 Å². The maximum atomic E-state index is 11.7. The van der Waals surface area contributed by atoms with Crippen LogP contribution in [0, 0.1) is 0 Å². The van der Waals surface area contributed by atoms with Crippen LogP contribution in [0.25, 0.3) is 0 Å². The van der Waals surface area contributed by atoms with Crippen molar-refractivity contribution in [3.63, 3.8) is 0 Å². The summed E-state index contributed by atoms with van der Waals surface area (Å²) in [5.74, 6) is -0.154. The molecule has 0 saturated carbocycles. The van der Waals surface area contributed by atoms with E-state index in [1.807, 2.05) is 93.6 Å². The fraction of sp³-hybridized carbons (Fsp3) is 0.250. The van der Waals surface area contributed by atoms with Crippen molar-refractivity contribution in [1.29, 1.82) is 0 Å². The van der Waals surface area contributed by atoms with E-state index in [0.717, 1.165) is 33.8 Å². The Bertz CT molecular complexity index is 975. The molecule has 6 heteroatoms. The fourth-order valence-electron chi connectivity index (χ4n) is 3.60. The maximum Gasteiger partial charge on any atom is 0.224 e. The molecular formula is C28H31N3O3. The number of hydrogen-bond donors (Lipinski definition) is 3. The summed E-state index contributed by atoms with van der Waals surface area (Å²) < 4.78 is 0. The largest absolute Gasteiger partial charge is 0.326 e. The third kappa shape index (κ3) is 6.54. The second-order valence-corrected chi connectivity index (χ2v) is 8.00. The van der Waals surface area contributed by atoms with E-state index in [9.17, 15) is 14.4 Å². The molecule has 0 aliphatic rings. The van der Waals surface area contributed by atoms with E-state index >= 15 is 0 Å². The van der Waals surface area contributed by atoms with Crippen LogP contribution >= 0.6 is 0 Å². The molecule has 3 aromatic carbocycles. The summed E-state index contributed by atoms with van der Waals surface area (Å²) in [7, 11) is 0. The topological polar surface area (TPSA) is 87.3 Å². The smallest absolute Gasteiger partial charge is 0.224 e. The quantitative estimate of drug-likeness (QED) is 0.349. The average molecular weight is 458 g/mol. The number of benzene rings is 3. The molecule has 176 valence electrons. The van der Waals surface area contributed by atoms with Gasteiger partial charge in [0.05, 0.1) is 0 Å². The van der Waals surface area contributed by atoms with Gasteiger partial charge in [-0.15, -0.1) is 0 Å². The number of carbonyl (C=O) groups excluding carboxylic acids is 3. The molecule has 0 fully saturated rings. The van der Waals surface area contributed by atoms with Gasteiger partial charge in [-0.25, -0.2) is 0 Å². The van der Waals surface area contributed by atoms with Gasteiger partial charge in [0.2, 0.25) is 17.7 Å². The first-order chi connectivity index (χ1) is 16.4. The second-order valence-electron chi connectivity index (χ2n) is 8.00. The van der Waals surface area contributed by atoms with E-state index < -0.39 is 0 Å². The van der Waals surface area contributed by atoms with Crippen LogP contribution < -0.4 is 16.0 Å². The highest BCUT2D eigenvalue weighted by Crippen LogP contribution is 2.34. The molecular weight excluding hydrogens is 426 g/mol. The van der Waals surface area contributed by atoms with Crippen LogP contribution in [-0.4, -0.2) is 17.7 Å². The minimum absolute atomic E-state index is 0.0290. The van der Waals surface area contributed by atoms with Gasteiger partial charge in [0.1, 0.15) is 0 Å². The number of anilines is 3. The molecule has 0 spiro atoms. The summed E-state index contributed by atoms with van der Waals surface area (Å²) in [6.07, 6.45) is 1.27. The number of hydrogen-bond acceptors (Lipinski definition) is 3. The standard InChI is InChI=1S/C28H31N3O3/c1-4-25(32)29-22-13-7-19(8-14-22)28(20-9-15-23(16-10-20)30-26(33)5-2)21-11-17-24(18-12-21)31-27(34)6-3/h7-18,28H,4-6H2,1-3H3,(H,29,32)(H,30,33)(H,31,34). The predicted molar refractivity (Wildman–Crippen MR) is 137 cm³/mol. The van der Waals surface area contributed by atoms with Crippen LogP contribution in [0.4, 0.5) is 17.1 Å². The molecule has 3 aromatic rings. The van der Waals surface area contributed by atoms with Gasteiger partial charge in [0.25, 0.3) is 0 Å². The highest BCUT2D eigenvalue weighted by molar-refractivity contribution is 5.91. The third-order valence-electron chi connectivity index (χ3n) is 5.55. The highest BCUT2D eigenvalue weighted by atomic mass is 16.2. The van der Waals surface area contributed by atoms with Crippen molar-refractivity contribution in [2.45, 2.75) is 46.0 Å². The number of nitrogens with one attached hydrogen (secondary N) is 3. The lowest BCUT2D eigenvalue weighted by Gasteiger charge is -2.20. The van der Waals surface area contributed by atoms with E-state index in [1.54, 1.807) is 0 Å². The van der Waals surface area contributed by atoms with E-state index in [2.05, 4.69) is 16.0 Å². The molecule has 34 heavy (non-hydrogen) atoms. The lowest BCUT2D eigenvalue weighted by Crippen LogP contribution is -2.11. The minimum atomic E-state index is -0.0669. The molecule has 6 nitrogen and oxygen atoms in total. The zero-order valence-corrected chi connectivity index (χ0v) is 19.9. The average Bonchev–Trinajstić information content (AvgIpc) is 2.87. The van der Waals surface area contributed by atoms with Crippen molar-refractivity contribution >= 4 is 34.8 Å².